The average Bonchev–Trinajstić information content (AvgIpc) is 2.69. The number of carbonyl (C=O) groups is 2. The zero-order chi connectivity index (χ0) is 21.8. The lowest BCUT2D eigenvalue weighted by molar-refractivity contribution is -0.126. The molecule has 1 heterocycles. The smallest absolute Gasteiger partial charge is 0.245 e. The van der Waals surface area contributed by atoms with E-state index < -0.39 is 35.9 Å². The number of nitrogens with one attached hydrogen (secondary N) is 2. The molecule has 1 aromatic carbocycles. The van der Waals surface area contributed by atoms with Crippen LogP contribution in [0.1, 0.15) is 25.7 Å². The third kappa shape index (κ3) is 5.09. The fourth-order valence-electron chi connectivity index (χ4n) is 3.56. The number of aromatic nitrogens is 1. The van der Waals surface area contributed by atoms with E-state index in [0.717, 1.165) is 18.3 Å². The molecule has 0 radical (unpaired) electrons. The van der Waals surface area contributed by atoms with Crippen molar-refractivity contribution in [3.8, 4) is 11.1 Å². The van der Waals surface area contributed by atoms with E-state index in [1.165, 1.54) is 0 Å². The number of rotatable bonds is 5. The van der Waals surface area contributed by atoms with Gasteiger partial charge >= 0.3 is 0 Å². The molecule has 10 heteroatoms. The highest BCUT2D eigenvalue weighted by Gasteiger charge is 2.28. The summed E-state index contributed by atoms with van der Waals surface area (Å²) in [6.45, 7) is -0.627. The fourth-order valence-corrected chi connectivity index (χ4v) is 3.86. The molecule has 0 saturated heterocycles. The molecule has 1 aliphatic rings. The Kier molecular flexibility index (Phi) is 6.94. The number of hydrogen-bond donors (Lipinski definition) is 3. The van der Waals surface area contributed by atoms with Gasteiger partial charge in [-0.1, -0.05) is 18.0 Å². The van der Waals surface area contributed by atoms with Crippen LogP contribution in [0.15, 0.2) is 24.4 Å². The Balaban J connectivity index is 1.77. The normalized spacial score (nSPS) is 18.7. The molecule has 0 aliphatic heterocycles. The van der Waals surface area contributed by atoms with E-state index in [1.807, 2.05) is 0 Å². The molecule has 160 valence electrons. The number of hydrogen-bond acceptors (Lipinski definition) is 4. The largest absolute Gasteiger partial charge is 0.387 e. The maximum absolute atomic E-state index is 14.3. The predicted octanol–water partition coefficient (Wildman–Crippen LogP) is 3.43. The summed E-state index contributed by atoms with van der Waals surface area (Å²) in [4.78, 5) is 27.8. The second-order valence-corrected chi connectivity index (χ2v) is 7.48. The van der Waals surface area contributed by atoms with E-state index >= 15 is 0 Å². The van der Waals surface area contributed by atoms with Crippen molar-refractivity contribution in [3.63, 3.8) is 0 Å². The van der Waals surface area contributed by atoms with Crippen LogP contribution < -0.4 is 10.6 Å². The van der Waals surface area contributed by atoms with Crippen LogP contribution in [-0.4, -0.2) is 34.6 Å². The third-order valence-corrected chi connectivity index (χ3v) is 5.23. The average molecular weight is 442 g/mol. The lowest BCUT2D eigenvalue weighted by Crippen LogP contribution is -2.42. The summed E-state index contributed by atoms with van der Waals surface area (Å²) < 4.78 is 41.7. The summed E-state index contributed by atoms with van der Waals surface area (Å²) in [7, 11) is 0. The molecule has 30 heavy (non-hydrogen) atoms. The molecule has 3 N–H and O–H groups in total. The van der Waals surface area contributed by atoms with Gasteiger partial charge in [0.25, 0.3) is 0 Å². The number of carbonyl (C=O) groups excluding carboxylic acids is 2. The zero-order valence-electron chi connectivity index (χ0n) is 15.7. The van der Waals surface area contributed by atoms with Gasteiger partial charge in [0.1, 0.15) is 29.9 Å². The van der Waals surface area contributed by atoms with Crippen molar-refractivity contribution in [1.82, 2.24) is 10.3 Å². The van der Waals surface area contributed by atoms with Crippen molar-refractivity contribution in [1.29, 1.82) is 0 Å². The van der Waals surface area contributed by atoms with Crippen LogP contribution in [0.5, 0.6) is 0 Å². The molecule has 0 unspecified atom stereocenters. The Morgan fingerprint density at radius 2 is 1.93 bits per heavy atom. The molecular weight excluding hydrogens is 423 g/mol. The Labute approximate surface area is 175 Å². The van der Waals surface area contributed by atoms with E-state index in [-0.39, 0.29) is 33.9 Å². The van der Waals surface area contributed by atoms with Crippen LogP contribution in [0.4, 0.5) is 19.0 Å². The highest BCUT2D eigenvalue weighted by molar-refractivity contribution is 6.33. The first-order valence-electron chi connectivity index (χ1n) is 9.30. The lowest BCUT2D eigenvalue weighted by atomic mass is 9.85. The molecule has 2 amide bonds. The van der Waals surface area contributed by atoms with Crippen LogP contribution in [0, 0.1) is 23.4 Å². The second-order valence-electron chi connectivity index (χ2n) is 7.07. The number of aliphatic hydroxyl groups is 1. The van der Waals surface area contributed by atoms with Crippen molar-refractivity contribution >= 4 is 29.2 Å². The lowest BCUT2D eigenvalue weighted by Gasteiger charge is -2.28. The van der Waals surface area contributed by atoms with E-state index in [0.29, 0.717) is 31.7 Å². The number of halogens is 4. The molecule has 2 aromatic rings. The Morgan fingerprint density at radius 3 is 2.63 bits per heavy atom. The number of benzene rings is 1. The molecular formula is C20H19ClF3N3O3. The molecule has 1 fully saturated rings. The van der Waals surface area contributed by atoms with Gasteiger partial charge in [0.2, 0.25) is 11.8 Å². The molecule has 0 spiro atoms. The van der Waals surface area contributed by atoms with Crippen molar-refractivity contribution in [3.05, 3.63) is 46.9 Å². The quantitative estimate of drug-likeness (QED) is 0.663. The molecule has 6 nitrogen and oxygen atoms in total. The van der Waals surface area contributed by atoms with Gasteiger partial charge in [-0.2, -0.15) is 0 Å². The van der Waals surface area contributed by atoms with Gasteiger partial charge in [-0.25, -0.2) is 18.2 Å². The zero-order valence-corrected chi connectivity index (χ0v) is 16.5. The van der Waals surface area contributed by atoms with E-state index in [4.69, 9.17) is 16.7 Å². The molecule has 2 atom stereocenters. The Morgan fingerprint density at radius 1 is 1.17 bits per heavy atom. The Hall–Kier alpha value is -2.65. The SMILES string of the molecule is O=C(CO)N[C@@H]1CCC[C@H](C(=O)Nc2cc(-c3c(F)cc(F)cc3Cl)c(F)cn2)C1. The van der Waals surface area contributed by atoms with Gasteiger partial charge in [0.05, 0.1) is 11.2 Å². The van der Waals surface area contributed by atoms with Gasteiger partial charge < -0.3 is 15.7 Å². The Bertz CT molecular complexity index is 951. The number of aliphatic hydroxyl groups excluding tert-OH is 1. The summed E-state index contributed by atoms with van der Waals surface area (Å²) in [5.41, 5.74) is -0.600. The minimum atomic E-state index is -1.04. The van der Waals surface area contributed by atoms with Crippen molar-refractivity contribution in [2.45, 2.75) is 31.7 Å². The summed E-state index contributed by atoms with van der Waals surface area (Å²) in [5.74, 6) is -4.16. The van der Waals surface area contributed by atoms with Gasteiger partial charge in [-0.3, -0.25) is 9.59 Å². The number of anilines is 1. The molecule has 0 bridgehead atoms. The van der Waals surface area contributed by atoms with Crippen LogP contribution in [0.2, 0.25) is 5.02 Å². The first-order valence-corrected chi connectivity index (χ1v) is 9.67. The predicted molar refractivity (Wildman–Crippen MR) is 104 cm³/mol. The van der Waals surface area contributed by atoms with Gasteiger partial charge in [-0.05, 0) is 31.4 Å². The maximum Gasteiger partial charge on any atom is 0.245 e. The molecule has 1 aliphatic carbocycles. The van der Waals surface area contributed by atoms with E-state index in [1.54, 1.807) is 0 Å². The van der Waals surface area contributed by atoms with Crippen LogP contribution >= 0.6 is 11.6 Å². The van der Waals surface area contributed by atoms with E-state index in [2.05, 4.69) is 15.6 Å². The van der Waals surface area contributed by atoms with Crippen molar-refractivity contribution < 1.29 is 27.9 Å². The summed E-state index contributed by atoms with van der Waals surface area (Å²) in [6, 6.07) is 2.34. The van der Waals surface area contributed by atoms with Crippen molar-refractivity contribution in [2.75, 3.05) is 11.9 Å². The molecule has 1 saturated carbocycles. The first kappa shape index (κ1) is 22.0. The third-order valence-electron chi connectivity index (χ3n) is 4.94. The summed E-state index contributed by atoms with van der Waals surface area (Å²) in [6.07, 6.45) is 3.17. The highest BCUT2D eigenvalue weighted by atomic mass is 35.5. The van der Waals surface area contributed by atoms with E-state index in [9.17, 15) is 22.8 Å². The van der Waals surface area contributed by atoms with Crippen LogP contribution in [0.25, 0.3) is 11.1 Å². The first-order chi connectivity index (χ1) is 14.3. The summed E-state index contributed by atoms with van der Waals surface area (Å²) in [5, 5.41) is 13.7. The minimum Gasteiger partial charge on any atom is -0.387 e. The monoisotopic (exact) mass is 441 g/mol. The topological polar surface area (TPSA) is 91.3 Å². The van der Waals surface area contributed by atoms with Gasteiger partial charge in [0, 0.05) is 29.2 Å². The molecule has 1 aromatic heterocycles. The second kappa shape index (κ2) is 9.44. The summed E-state index contributed by atoms with van der Waals surface area (Å²) >= 11 is 5.88. The standard InChI is InChI=1S/C20H19ClF3N3O3/c21-14-5-11(22)6-15(23)19(14)13-7-17(25-8-16(13)24)27-20(30)10-2-1-3-12(4-10)26-18(29)9-28/h5-8,10,12,28H,1-4,9H2,(H,26,29)(H,25,27,30)/t10-,12+/m0/s1. The van der Waals surface area contributed by atoms with Gasteiger partial charge in [-0.15, -0.1) is 0 Å². The number of pyridine rings is 1. The fraction of sp³-hybridized carbons (Fsp3) is 0.350. The minimum absolute atomic E-state index is 0.0160. The van der Waals surface area contributed by atoms with Gasteiger partial charge in [0.15, 0.2) is 0 Å². The maximum atomic E-state index is 14.3. The van der Waals surface area contributed by atoms with Crippen LogP contribution in [-0.2, 0) is 9.59 Å². The number of amides is 2. The number of nitrogens with zero attached hydrogens (tertiary/aromatic N) is 1. The van der Waals surface area contributed by atoms with Crippen molar-refractivity contribution in [2.24, 2.45) is 5.92 Å². The highest BCUT2D eigenvalue weighted by Crippen LogP contribution is 2.34. The molecule has 3 rings (SSSR count). The van der Waals surface area contributed by atoms with Crippen LogP contribution in [0.3, 0.4) is 0 Å².